The summed E-state index contributed by atoms with van der Waals surface area (Å²) in [7, 11) is 0. The molecule has 0 unspecified atom stereocenters. The summed E-state index contributed by atoms with van der Waals surface area (Å²) in [5.41, 5.74) is 0.157. The molecule has 1 aromatic rings. The van der Waals surface area contributed by atoms with Crippen LogP contribution < -0.4 is 4.74 Å². The molecule has 0 radical (unpaired) electrons. The minimum atomic E-state index is -1.25. The van der Waals surface area contributed by atoms with Gasteiger partial charge >= 0.3 is 5.97 Å². The molecule has 0 saturated carbocycles. The van der Waals surface area contributed by atoms with Crippen LogP contribution in [-0.2, 0) is 6.42 Å². The smallest absolute Gasteiger partial charge is 0.338 e. The molecule has 0 aliphatic carbocycles. The summed E-state index contributed by atoms with van der Waals surface area (Å²) in [6.07, 6.45) is 1.51. The second-order valence-electron chi connectivity index (χ2n) is 4.61. The van der Waals surface area contributed by atoms with Gasteiger partial charge in [-0.25, -0.2) is 9.18 Å². The number of carboxylic acids is 1. The Kier molecular flexibility index (Phi) is 2.37. The molecule has 1 heterocycles. The summed E-state index contributed by atoms with van der Waals surface area (Å²) >= 11 is 0. The molecular formula is C12H13FO3. The first-order chi connectivity index (χ1) is 7.39. The monoisotopic (exact) mass is 224 g/mol. The molecule has 1 aliphatic heterocycles. The molecule has 4 heteroatoms. The predicted molar refractivity (Wildman–Crippen MR) is 56.4 cm³/mol. The highest BCUT2D eigenvalue weighted by Crippen LogP contribution is 2.34. The molecular weight excluding hydrogens is 211 g/mol. The van der Waals surface area contributed by atoms with Gasteiger partial charge in [-0.3, -0.25) is 0 Å². The van der Waals surface area contributed by atoms with Gasteiger partial charge in [0, 0.05) is 6.07 Å². The number of hydrogen-bond donors (Lipinski definition) is 1. The van der Waals surface area contributed by atoms with E-state index in [0.717, 1.165) is 12.0 Å². The van der Waals surface area contributed by atoms with Crippen LogP contribution in [0.25, 0.3) is 0 Å². The van der Waals surface area contributed by atoms with Gasteiger partial charge in [0.1, 0.15) is 17.2 Å². The Morgan fingerprint density at radius 1 is 1.50 bits per heavy atom. The Labute approximate surface area is 92.9 Å². The number of carbonyl (C=O) groups is 1. The number of halogens is 1. The molecule has 3 nitrogen and oxygen atoms in total. The zero-order valence-electron chi connectivity index (χ0n) is 9.21. The summed E-state index contributed by atoms with van der Waals surface area (Å²) in [6.45, 7) is 3.86. The Morgan fingerprint density at radius 3 is 2.81 bits per heavy atom. The van der Waals surface area contributed by atoms with Crippen LogP contribution in [0.1, 0.15) is 36.2 Å². The summed E-state index contributed by atoms with van der Waals surface area (Å²) in [5, 5.41) is 8.79. The molecule has 1 aromatic carbocycles. The molecule has 0 bridgehead atoms. The second kappa shape index (κ2) is 3.47. The number of fused-ring (bicyclic) bond motifs is 1. The van der Waals surface area contributed by atoms with Crippen molar-refractivity contribution in [2.24, 2.45) is 0 Å². The van der Waals surface area contributed by atoms with E-state index in [1.165, 1.54) is 12.1 Å². The van der Waals surface area contributed by atoms with Gasteiger partial charge in [-0.2, -0.15) is 0 Å². The molecule has 0 aromatic heterocycles. The quantitative estimate of drug-likeness (QED) is 0.797. The van der Waals surface area contributed by atoms with Crippen LogP contribution in [0.5, 0.6) is 5.75 Å². The Balaban J connectivity index is 2.46. The van der Waals surface area contributed by atoms with Crippen molar-refractivity contribution in [2.45, 2.75) is 32.3 Å². The van der Waals surface area contributed by atoms with E-state index < -0.39 is 11.8 Å². The lowest BCUT2D eigenvalue weighted by Gasteiger charge is -2.32. The number of ether oxygens (including phenoxy) is 1. The van der Waals surface area contributed by atoms with Crippen LogP contribution in [-0.4, -0.2) is 16.7 Å². The molecule has 1 N–H and O–H groups in total. The van der Waals surface area contributed by atoms with E-state index in [0.29, 0.717) is 12.2 Å². The van der Waals surface area contributed by atoms with Gasteiger partial charge in [-0.15, -0.1) is 0 Å². The Bertz CT molecular complexity index is 452. The van der Waals surface area contributed by atoms with Gasteiger partial charge in [0.2, 0.25) is 0 Å². The van der Waals surface area contributed by atoms with Gasteiger partial charge in [0.25, 0.3) is 0 Å². The molecule has 86 valence electrons. The topological polar surface area (TPSA) is 46.5 Å². The predicted octanol–water partition coefficient (Wildman–Crippen LogP) is 2.63. The molecule has 0 amide bonds. The fourth-order valence-electron chi connectivity index (χ4n) is 1.84. The van der Waals surface area contributed by atoms with Crippen LogP contribution in [0.4, 0.5) is 4.39 Å². The van der Waals surface area contributed by atoms with Crippen molar-refractivity contribution >= 4 is 5.97 Å². The number of hydrogen-bond acceptors (Lipinski definition) is 2. The van der Waals surface area contributed by atoms with Crippen LogP contribution in [0.15, 0.2) is 12.1 Å². The van der Waals surface area contributed by atoms with Gasteiger partial charge in [0.05, 0.1) is 5.56 Å². The molecule has 2 rings (SSSR count). The van der Waals surface area contributed by atoms with Gasteiger partial charge in [0.15, 0.2) is 0 Å². The molecule has 0 atom stereocenters. The zero-order chi connectivity index (χ0) is 11.9. The second-order valence-corrected chi connectivity index (χ2v) is 4.61. The van der Waals surface area contributed by atoms with E-state index >= 15 is 0 Å². The van der Waals surface area contributed by atoms with Gasteiger partial charge in [-0.05, 0) is 38.3 Å². The lowest BCUT2D eigenvalue weighted by Crippen LogP contribution is -2.32. The third kappa shape index (κ3) is 1.87. The number of benzene rings is 1. The lowest BCUT2D eigenvalue weighted by molar-refractivity contribution is 0.0689. The average Bonchev–Trinajstić information content (AvgIpc) is 2.14. The maximum absolute atomic E-state index is 13.4. The van der Waals surface area contributed by atoms with E-state index in [9.17, 15) is 9.18 Å². The molecule has 0 saturated heterocycles. The maximum Gasteiger partial charge on any atom is 0.338 e. The molecule has 0 spiro atoms. The fourth-order valence-corrected chi connectivity index (χ4v) is 1.84. The summed E-state index contributed by atoms with van der Waals surface area (Å²) < 4.78 is 19.0. The standard InChI is InChI=1S/C12H13FO3/c1-12(2)4-3-7-5-8(11(14)15)9(13)6-10(7)16-12/h5-6H,3-4H2,1-2H3,(H,14,15). The van der Waals surface area contributed by atoms with E-state index in [-0.39, 0.29) is 11.2 Å². The van der Waals surface area contributed by atoms with Crippen LogP contribution in [0.2, 0.25) is 0 Å². The van der Waals surface area contributed by atoms with Crippen molar-refractivity contribution in [3.8, 4) is 5.75 Å². The van der Waals surface area contributed by atoms with Crippen LogP contribution in [0.3, 0.4) is 0 Å². The lowest BCUT2D eigenvalue weighted by atomic mass is 9.93. The van der Waals surface area contributed by atoms with Gasteiger partial charge < -0.3 is 9.84 Å². The number of rotatable bonds is 1. The van der Waals surface area contributed by atoms with Crippen LogP contribution >= 0.6 is 0 Å². The van der Waals surface area contributed by atoms with Crippen molar-refractivity contribution in [3.05, 3.63) is 29.1 Å². The minimum Gasteiger partial charge on any atom is -0.487 e. The highest BCUT2D eigenvalue weighted by atomic mass is 19.1. The largest absolute Gasteiger partial charge is 0.487 e. The minimum absolute atomic E-state index is 0.290. The molecule has 0 fully saturated rings. The first-order valence-electron chi connectivity index (χ1n) is 5.14. The van der Waals surface area contributed by atoms with Crippen molar-refractivity contribution in [1.29, 1.82) is 0 Å². The third-order valence-electron chi connectivity index (χ3n) is 2.76. The highest BCUT2D eigenvalue weighted by molar-refractivity contribution is 5.88. The number of aromatic carboxylic acids is 1. The highest BCUT2D eigenvalue weighted by Gasteiger charge is 2.28. The van der Waals surface area contributed by atoms with E-state index in [1.54, 1.807) is 0 Å². The zero-order valence-corrected chi connectivity index (χ0v) is 9.21. The van der Waals surface area contributed by atoms with E-state index in [4.69, 9.17) is 9.84 Å². The molecule has 16 heavy (non-hydrogen) atoms. The van der Waals surface area contributed by atoms with Crippen molar-refractivity contribution in [1.82, 2.24) is 0 Å². The van der Waals surface area contributed by atoms with E-state index in [1.807, 2.05) is 13.8 Å². The van der Waals surface area contributed by atoms with E-state index in [2.05, 4.69) is 0 Å². The summed E-state index contributed by atoms with van der Waals surface area (Å²) in [4.78, 5) is 10.8. The van der Waals surface area contributed by atoms with Gasteiger partial charge in [-0.1, -0.05) is 0 Å². The fraction of sp³-hybridized carbons (Fsp3) is 0.417. The summed E-state index contributed by atoms with van der Waals surface area (Å²) in [6, 6.07) is 2.53. The average molecular weight is 224 g/mol. The van der Waals surface area contributed by atoms with Crippen LogP contribution in [0, 0.1) is 5.82 Å². The Morgan fingerprint density at radius 2 is 2.19 bits per heavy atom. The van der Waals surface area contributed by atoms with Crippen molar-refractivity contribution in [2.75, 3.05) is 0 Å². The first-order valence-corrected chi connectivity index (χ1v) is 5.14. The number of aryl methyl sites for hydroxylation is 1. The summed E-state index contributed by atoms with van der Waals surface area (Å²) in [5.74, 6) is -1.53. The third-order valence-corrected chi connectivity index (χ3v) is 2.76. The maximum atomic E-state index is 13.4. The number of carboxylic acid groups (broad SMARTS) is 1. The Hall–Kier alpha value is -1.58. The first kappa shape index (κ1) is 10.9. The van der Waals surface area contributed by atoms with Crippen molar-refractivity contribution in [3.63, 3.8) is 0 Å². The normalized spacial score (nSPS) is 17.4. The molecule has 1 aliphatic rings. The van der Waals surface area contributed by atoms with Crippen molar-refractivity contribution < 1.29 is 19.0 Å². The SMILES string of the molecule is CC1(C)CCc2cc(C(=O)O)c(F)cc2O1.